The summed E-state index contributed by atoms with van der Waals surface area (Å²) in [5.41, 5.74) is 2.93. The second-order valence-electron chi connectivity index (χ2n) is 7.26. The van der Waals surface area contributed by atoms with E-state index < -0.39 is 18.5 Å². The lowest BCUT2D eigenvalue weighted by Crippen LogP contribution is -2.30. The van der Waals surface area contributed by atoms with Crippen molar-refractivity contribution in [3.63, 3.8) is 0 Å². The van der Waals surface area contributed by atoms with Gasteiger partial charge in [-0.1, -0.05) is 60.2 Å². The molecule has 0 bridgehead atoms. The highest BCUT2D eigenvalue weighted by Gasteiger charge is 2.19. The Morgan fingerprint density at radius 2 is 1.50 bits per heavy atom. The summed E-state index contributed by atoms with van der Waals surface area (Å²) < 4.78 is 10.3. The van der Waals surface area contributed by atoms with Crippen molar-refractivity contribution >= 4 is 17.7 Å². The predicted molar refractivity (Wildman–Crippen MR) is 121 cm³/mol. The van der Waals surface area contributed by atoms with Gasteiger partial charge in [0.25, 0.3) is 5.91 Å². The van der Waals surface area contributed by atoms with Gasteiger partial charge in [0.05, 0.1) is 12.7 Å². The molecule has 0 aromatic heterocycles. The van der Waals surface area contributed by atoms with Gasteiger partial charge in [-0.25, -0.2) is 4.79 Å². The molecule has 0 saturated carbocycles. The Morgan fingerprint density at radius 1 is 0.844 bits per heavy atom. The summed E-state index contributed by atoms with van der Waals surface area (Å²) in [4.78, 5) is 37.5. The Balaban J connectivity index is 1.53. The highest BCUT2D eigenvalue weighted by molar-refractivity contribution is 6.14. The van der Waals surface area contributed by atoms with Crippen LogP contribution in [-0.4, -0.2) is 37.9 Å². The standard InChI is InChI=1S/C26H25NO5/c1-18-7-11-20(12-8-18)25(29)22-5-3-4-6-23(22)26(30)32-17-24(28)27-16-15-19-9-13-21(31-2)14-10-19/h3-14H,15-17H2,1-2H3,(H,27,28). The number of nitrogens with one attached hydrogen (secondary N) is 1. The van der Waals surface area contributed by atoms with Gasteiger partial charge < -0.3 is 14.8 Å². The first-order valence-electron chi connectivity index (χ1n) is 10.2. The van der Waals surface area contributed by atoms with Crippen molar-refractivity contribution in [2.24, 2.45) is 0 Å². The summed E-state index contributed by atoms with van der Waals surface area (Å²) in [6, 6.07) is 21.1. The first kappa shape index (κ1) is 22.7. The van der Waals surface area contributed by atoms with Crippen LogP contribution in [-0.2, 0) is 16.0 Å². The van der Waals surface area contributed by atoms with E-state index in [0.717, 1.165) is 16.9 Å². The highest BCUT2D eigenvalue weighted by atomic mass is 16.5. The molecule has 164 valence electrons. The maximum Gasteiger partial charge on any atom is 0.339 e. The van der Waals surface area contributed by atoms with E-state index in [1.807, 2.05) is 43.3 Å². The highest BCUT2D eigenvalue weighted by Crippen LogP contribution is 2.16. The number of carbonyl (C=O) groups is 3. The Morgan fingerprint density at radius 3 is 2.16 bits per heavy atom. The van der Waals surface area contributed by atoms with Crippen LogP contribution in [0.25, 0.3) is 0 Å². The van der Waals surface area contributed by atoms with Gasteiger partial charge in [-0.3, -0.25) is 9.59 Å². The zero-order valence-electron chi connectivity index (χ0n) is 18.1. The summed E-state index contributed by atoms with van der Waals surface area (Å²) in [5, 5.41) is 2.72. The van der Waals surface area contributed by atoms with Crippen molar-refractivity contribution in [1.29, 1.82) is 0 Å². The zero-order chi connectivity index (χ0) is 22.9. The van der Waals surface area contributed by atoms with Crippen LogP contribution in [0, 0.1) is 6.92 Å². The first-order valence-corrected chi connectivity index (χ1v) is 10.2. The third-order valence-corrected chi connectivity index (χ3v) is 4.93. The van der Waals surface area contributed by atoms with E-state index in [2.05, 4.69) is 5.32 Å². The fourth-order valence-corrected chi connectivity index (χ4v) is 3.12. The molecule has 1 amide bonds. The van der Waals surface area contributed by atoms with Crippen molar-refractivity contribution < 1.29 is 23.9 Å². The lowest BCUT2D eigenvalue weighted by Gasteiger charge is -2.10. The molecule has 3 rings (SSSR count). The third kappa shape index (κ3) is 6.04. The van der Waals surface area contributed by atoms with E-state index in [0.29, 0.717) is 18.5 Å². The number of esters is 1. The molecule has 1 N–H and O–H groups in total. The summed E-state index contributed by atoms with van der Waals surface area (Å²) in [7, 11) is 1.60. The lowest BCUT2D eigenvalue weighted by atomic mass is 9.98. The Labute approximate surface area is 187 Å². The number of carbonyl (C=O) groups excluding carboxylic acids is 3. The molecule has 6 nitrogen and oxygen atoms in total. The number of amides is 1. The minimum absolute atomic E-state index is 0.129. The third-order valence-electron chi connectivity index (χ3n) is 4.93. The quantitative estimate of drug-likeness (QED) is 0.412. The van der Waals surface area contributed by atoms with E-state index in [-0.39, 0.29) is 16.9 Å². The molecule has 0 fully saturated rings. The van der Waals surface area contributed by atoms with E-state index in [9.17, 15) is 14.4 Å². The molecule has 6 heteroatoms. The minimum Gasteiger partial charge on any atom is -0.497 e. The molecule has 0 aliphatic carbocycles. The molecule has 0 heterocycles. The van der Waals surface area contributed by atoms with Crippen LogP contribution < -0.4 is 10.1 Å². The van der Waals surface area contributed by atoms with Crippen LogP contribution in [0.1, 0.15) is 37.4 Å². The van der Waals surface area contributed by atoms with Gasteiger partial charge in [-0.05, 0) is 37.1 Å². The normalized spacial score (nSPS) is 10.3. The number of ether oxygens (including phenoxy) is 2. The van der Waals surface area contributed by atoms with Crippen LogP contribution in [0.5, 0.6) is 5.75 Å². The van der Waals surface area contributed by atoms with Gasteiger partial charge in [0.2, 0.25) is 0 Å². The second kappa shape index (κ2) is 10.9. The molecule has 0 atom stereocenters. The SMILES string of the molecule is COc1ccc(CCNC(=O)COC(=O)c2ccccc2C(=O)c2ccc(C)cc2)cc1. The molecule has 0 aliphatic rings. The molecular weight excluding hydrogens is 406 g/mol. The molecule has 3 aromatic rings. The molecule has 0 saturated heterocycles. The monoisotopic (exact) mass is 431 g/mol. The van der Waals surface area contributed by atoms with E-state index >= 15 is 0 Å². The summed E-state index contributed by atoms with van der Waals surface area (Å²) in [6.45, 7) is 1.92. The van der Waals surface area contributed by atoms with E-state index in [1.165, 1.54) is 6.07 Å². The Kier molecular flexibility index (Phi) is 7.75. The average Bonchev–Trinajstić information content (AvgIpc) is 2.83. The van der Waals surface area contributed by atoms with Crippen molar-refractivity contribution in [2.45, 2.75) is 13.3 Å². The second-order valence-corrected chi connectivity index (χ2v) is 7.26. The topological polar surface area (TPSA) is 81.7 Å². The van der Waals surface area contributed by atoms with Crippen molar-refractivity contribution in [2.75, 3.05) is 20.3 Å². The summed E-state index contributed by atoms with van der Waals surface area (Å²) >= 11 is 0. The Bertz CT molecular complexity index is 1090. The number of aryl methyl sites for hydroxylation is 1. The molecule has 0 radical (unpaired) electrons. The van der Waals surface area contributed by atoms with E-state index in [4.69, 9.17) is 9.47 Å². The van der Waals surface area contributed by atoms with Gasteiger partial charge >= 0.3 is 5.97 Å². The average molecular weight is 431 g/mol. The largest absolute Gasteiger partial charge is 0.497 e. The molecule has 32 heavy (non-hydrogen) atoms. The van der Waals surface area contributed by atoms with E-state index in [1.54, 1.807) is 37.4 Å². The minimum atomic E-state index is -0.716. The number of methoxy groups -OCH3 is 1. The summed E-state index contributed by atoms with van der Waals surface area (Å²) in [5.74, 6) is -0.632. The lowest BCUT2D eigenvalue weighted by molar-refractivity contribution is -0.124. The maximum absolute atomic E-state index is 12.8. The van der Waals surface area contributed by atoms with Crippen LogP contribution in [0.3, 0.4) is 0 Å². The number of rotatable bonds is 9. The van der Waals surface area contributed by atoms with Gasteiger partial charge in [0.1, 0.15) is 5.75 Å². The van der Waals surface area contributed by atoms with Crippen LogP contribution in [0.15, 0.2) is 72.8 Å². The Hall–Kier alpha value is -3.93. The predicted octanol–water partition coefficient (Wildman–Crippen LogP) is 3.75. The zero-order valence-corrected chi connectivity index (χ0v) is 18.1. The van der Waals surface area contributed by atoms with Crippen molar-refractivity contribution in [3.05, 3.63) is 101 Å². The fourth-order valence-electron chi connectivity index (χ4n) is 3.12. The van der Waals surface area contributed by atoms with Crippen molar-refractivity contribution in [3.8, 4) is 5.75 Å². The molecule has 0 aliphatic heterocycles. The molecule has 0 spiro atoms. The first-order chi connectivity index (χ1) is 15.5. The van der Waals surface area contributed by atoms with Gasteiger partial charge in [-0.2, -0.15) is 0 Å². The van der Waals surface area contributed by atoms with Gasteiger partial charge in [0, 0.05) is 17.7 Å². The number of ketones is 1. The summed E-state index contributed by atoms with van der Waals surface area (Å²) in [6.07, 6.45) is 0.636. The van der Waals surface area contributed by atoms with Gasteiger partial charge in [-0.15, -0.1) is 0 Å². The molecular formula is C26H25NO5. The fraction of sp³-hybridized carbons (Fsp3) is 0.192. The smallest absolute Gasteiger partial charge is 0.339 e. The number of hydrogen-bond donors (Lipinski definition) is 1. The number of hydrogen-bond acceptors (Lipinski definition) is 5. The van der Waals surface area contributed by atoms with Crippen molar-refractivity contribution in [1.82, 2.24) is 5.32 Å². The van der Waals surface area contributed by atoms with Crippen LogP contribution in [0.2, 0.25) is 0 Å². The number of benzene rings is 3. The van der Waals surface area contributed by atoms with Crippen LogP contribution >= 0.6 is 0 Å². The van der Waals surface area contributed by atoms with Gasteiger partial charge in [0.15, 0.2) is 12.4 Å². The molecule has 0 unspecified atom stereocenters. The molecule has 3 aromatic carbocycles. The maximum atomic E-state index is 12.8. The van der Waals surface area contributed by atoms with Crippen LogP contribution in [0.4, 0.5) is 0 Å².